The molecule has 5 heteroatoms. The average Bonchev–Trinajstić information content (AvgIpc) is 2.80. The minimum absolute atomic E-state index is 0.388. The second-order valence-corrected chi connectivity index (χ2v) is 5.20. The Morgan fingerprint density at radius 1 is 1.39 bits per heavy atom. The van der Waals surface area contributed by atoms with Crippen molar-refractivity contribution in [3.8, 4) is 0 Å². The van der Waals surface area contributed by atoms with Crippen molar-refractivity contribution in [2.75, 3.05) is 7.11 Å². The summed E-state index contributed by atoms with van der Waals surface area (Å²) in [6.07, 6.45) is 0. The van der Waals surface area contributed by atoms with E-state index < -0.39 is 0 Å². The van der Waals surface area contributed by atoms with Gasteiger partial charge in [0.25, 0.3) is 0 Å². The van der Waals surface area contributed by atoms with Crippen molar-refractivity contribution in [2.45, 2.75) is 12.6 Å². The van der Waals surface area contributed by atoms with E-state index in [1.807, 2.05) is 24.3 Å². The predicted octanol–water partition coefficient (Wildman–Crippen LogP) is 3.89. The fourth-order valence-corrected chi connectivity index (χ4v) is 2.30. The molecule has 0 aliphatic rings. The maximum Gasteiger partial charge on any atom is 0.129 e. The molecule has 0 spiro atoms. The third kappa shape index (κ3) is 2.95. The van der Waals surface area contributed by atoms with Crippen LogP contribution in [-0.4, -0.2) is 7.11 Å². The summed E-state index contributed by atoms with van der Waals surface area (Å²) in [5, 5.41) is 0.621. The van der Waals surface area contributed by atoms with Gasteiger partial charge in [-0.1, -0.05) is 27.5 Å². The van der Waals surface area contributed by atoms with E-state index in [2.05, 4.69) is 15.9 Å². The largest absolute Gasteiger partial charge is 0.462 e. The topological polar surface area (TPSA) is 48.4 Å². The Morgan fingerprint density at radius 2 is 2.17 bits per heavy atom. The lowest BCUT2D eigenvalue weighted by atomic mass is 10.1. The number of nitrogens with two attached hydrogens (primary N) is 1. The number of methoxy groups -OCH3 is 1. The van der Waals surface area contributed by atoms with Crippen molar-refractivity contribution in [3.05, 3.63) is 56.9 Å². The van der Waals surface area contributed by atoms with Crippen LogP contribution in [0.3, 0.4) is 0 Å². The van der Waals surface area contributed by atoms with Gasteiger partial charge in [0.2, 0.25) is 0 Å². The van der Waals surface area contributed by atoms with Gasteiger partial charge in [-0.25, -0.2) is 0 Å². The molecule has 2 rings (SSSR count). The second-order valence-electron chi connectivity index (χ2n) is 3.88. The molecule has 2 aromatic rings. The molecule has 1 heterocycles. The van der Waals surface area contributed by atoms with Gasteiger partial charge in [-0.15, -0.1) is 0 Å². The van der Waals surface area contributed by atoms with E-state index >= 15 is 0 Å². The number of rotatable bonds is 4. The minimum atomic E-state index is -0.388. The lowest BCUT2D eigenvalue weighted by Gasteiger charge is -2.11. The van der Waals surface area contributed by atoms with Crippen LogP contribution < -0.4 is 5.73 Å². The Labute approximate surface area is 119 Å². The zero-order chi connectivity index (χ0) is 13.1. The van der Waals surface area contributed by atoms with E-state index in [1.54, 1.807) is 13.2 Å². The molecule has 96 valence electrons. The Hall–Kier alpha value is -0.810. The molecule has 0 saturated heterocycles. The van der Waals surface area contributed by atoms with Crippen LogP contribution in [0.2, 0.25) is 5.02 Å². The summed E-state index contributed by atoms with van der Waals surface area (Å²) in [4.78, 5) is 0. The predicted molar refractivity (Wildman–Crippen MR) is 74.6 cm³/mol. The van der Waals surface area contributed by atoms with Gasteiger partial charge >= 0.3 is 0 Å². The number of ether oxygens (including phenoxy) is 1. The van der Waals surface area contributed by atoms with Crippen LogP contribution in [0.5, 0.6) is 0 Å². The zero-order valence-electron chi connectivity index (χ0n) is 9.82. The van der Waals surface area contributed by atoms with E-state index in [4.69, 9.17) is 26.5 Å². The van der Waals surface area contributed by atoms with E-state index in [0.717, 1.165) is 15.8 Å². The zero-order valence-corrected chi connectivity index (χ0v) is 12.2. The molecule has 1 atom stereocenters. The summed E-state index contributed by atoms with van der Waals surface area (Å²) in [6, 6.07) is 8.88. The summed E-state index contributed by atoms with van der Waals surface area (Å²) in [5.74, 6) is 1.41. The van der Waals surface area contributed by atoms with Crippen LogP contribution in [0, 0.1) is 0 Å². The number of hydrogen-bond acceptors (Lipinski definition) is 3. The van der Waals surface area contributed by atoms with Gasteiger partial charge in [0, 0.05) is 16.6 Å². The van der Waals surface area contributed by atoms with Crippen molar-refractivity contribution in [3.63, 3.8) is 0 Å². The fraction of sp³-hybridized carbons (Fsp3) is 0.231. The Morgan fingerprint density at radius 3 is 2.89 bits per heavy atom. The maximum absolute atomic E-state index is 6.16. The van der Waals surface area contributed by atoms with Crippen molar-refractivity contribution >= 4 is 27.5 Å². The molecule has 2 N–H and O–H groups in total. The quantitative estimate of drug-likeness (QED) is 0.925. The fourth-order valence-electron chi connectivity index (χ4n) is 1.69. The molecule has 0 aliphatic carbocycles. The Bertz CT molecular complexity index is 542. The SMILES string of the molecule is COCc1ccc(C(N)c2cc(Br)ccc2Cl)o1. The van der Waals surface area contributed by atoms with Gasteiger partial charge in [0.15, 0.2) is 0 Å². The lowest BCUT2D eigenvalue weighted by Crippen LogP contribution is -2.11. The number of furan rings is 1. The molecule has 1 aromatic heterocycles. The average molecular weight is 331 g/mol. The molecule has 18 heavy (non-hydrogen) atoms. The standard InChI is InChI=1S/C13H13BrClNO2/c1-17-7-9-3-5-12(18-9)13(16)10-6-8(14)2-4-11(10)15/h2-6,13H,7,16H2,1H3. The highest BCUT2D eigenvalue weighted by Gasteiger charge is 2.16. The highest BCUT2D eigenvalue weighted by Crippen LogP contribution is 2.30. The van der Waals surface area contributed by atoms with Crippen LogP contribution in [-0.2, 0) is 11.3 Å². The molecule has 0 saturated carbocycles. The first-order chi connectivity index (χ1) is 8.61. The summed E-state index contributed by atoms with van der Waals surface area (Å²) in [5.41, 5.74) is 6.98. The summed E-state index contributed by atoms with van der Waals surface area (Å²) in [6.45, 7) is 0.430. The number of halogens is 2. The van der Waals surface area contributed by atoms with Crippen molar-refractivity contribution in [1.82, 2.24) is 0 Å². The van der Waals surface area contributed by atoms with Gasteiger partial charge in [0.1, 0.15) is 18.1 Å². The summed E-state index contributed by atoms with van der Waals surface area (Å²) < 4.78 is 11.5. The second kappa shape index (κ2) is 5.89. The highest BCUT2D eigenvalue weighted by molar-refractivity contribution is 9.10. The molecular formula is C13H13BrClNO2. The molecule has 0 aliphatic heterocycles. The van der Waals surface area contributed by atoms with E-state index in [1.165, 1.54) is 0 Å². The van der Waals surface area contributed by atoms with Gasteiger partial charge in [-0.2, -0.15) is 0 Å². The van der Waals surface area contributed by atoms with Gasteiger partial charge in [-0.3, -0.25) is 0 Å². The van der Waals surface area contributed by atoms with E-state index in [-0.39, 0.29) is 6.04 Å². The highest BCUT2D eigenvalue weighted by atomic mass is 79.9. The van der Waals surface area contributed by atoms with Crippen LogP contribution >= 0.6 is 27.5 Å². The summed E-state index contributed by atoms with van der Waals surface area (Å²) >= 11 is 9.54. The lowest BCUT2D eigenvalue weighted by molar-refractivity contribution is 0.162. The molecule has 1 aromatic carbocycles. The Balaban J connectivity index is 2.29. The first-order valence-electron chi connectivity index (χ1n) is 5.40. The van der Waals surface area contributed by atoms with Crippen molar-refractivity contribution in [1.29, 1.82) is 0 Å². The minimum Gasteiger partial charge on any atom is -0.462 e. The first-order valence-corrected chi connectivity index (χ1v) is 6.57. The molecule has 0 bridgehead atoms. The first kappa shape index (κ1) is 13.6. The molecule has 0 amide bonds. The third-order valence-electron chi connectivity index (χ3n) is 2.57. The molecular weight excluding hydrogens is 318 g/mol. The summed E-state index contributed by atoms with van der Waals surface area (Å²) in [7, 11) is 1.62. The molecule has 1 unspecified atom stereocenters. The van der Waals surface area contributed by atoms with E-state index in [9.17, 15) is 0 Å². The third-order valence-corrected chi connectivity index (χ3v) is 3.41. The van der Waals surface area contributed by atoms with E-state index in [0.29, 0.717) is 17.4 Å². The molecule has 0 radical (unpaired) electrons. The molecule has 3 nitrogen and oxygen atoms in total. The van der Waals surface area contributed by atoms with Crippen LogP contribution in [0.1, 0.15) is 23.1 Å². The van der Waals surface area contributed by atoms with Crippen LogP contribution in [0.4, 0.5) is 0 Å². The Kier molecular flexibility index (Phi) is 4.45. The smallest absolute Gasteiger partial charge is 0.129 e. The van der Waals surface area contributed by atoms with Crippen LogP contribution in [0.15, 0.2) is 39.2 Å². The molecule has 0 fully saturated rings. The van der Waals surface area contributed by atoms with Crippen LogP contribution in [0.25, 0.3) is 0 Å². The number of hydrogen-bond donors (Lipinski definition) is 1. The van der Waals surface area contributed by atoms with Gasteiger partial charge < -0.3 is 14.9 Å². The van der Waals surface area contributed by atoms with Gasteiger partial charge in [-0.05, 0) is 35.9 Å². The monoisotopic (exact) mass is 329 g/mol. The van der Waals surface area contributed by atoms with Crippen molar-refractivity contribution < 1.29 is 9.15 Å². The normalized spacial score (nSPS) is 12.7. The maximum atomic E-state index is 6.16. The van der Waals surface area contributed by atoms with Crippen molar-refractivity contribution in [2.24, 2.45) is 5.73 Å². The number of benzene rings is 1. The van der Waals surface area contributed by atoms with Gasteiger partial charge in [0.05, 0.1) is 6.04 Å².